The van der Waals surface area contributed by atoms with Gasteiger partial charge in [-0.25, -0.2) is 0 Å². The van der Waals surface area contributed by atoms with Gasteiger partial charge in [-0.15, -0.1) is 0 Å². The lowest BCUT2D eigenvalue weighted by Crippen LogP contribution is -2.26. The van der Waals surface area contributed by atoms with Gasteiger partial charge in [0, 0.05) is 5.02 Å². The van der Waals surface area contributed by atoms with Crippen LogP contribution in [-0.2, 0) is 5.60 Å². The summed E-state index contributed by atoms with van der Waals surface area (Å²) in [6.07, 6.45) is 3.21. The molecule has 0 unspecified atom stereocenters. The van der Waals surface area contributed by atoms with Gasteiger partial charge in [0.25, 0.3) is 0 Å². The molecule has 0 aliphatic rings. The summed E-state index contributed by atoms with van der Waals surface area (Å²) in [6, 6.07) is 16.4. The second kappa shape index (κ2) is 6.02. The van der Waals surface area contributed by atoms with Crippen LogP contribution in [0.4, 0.5) is 0 Å². The summed E-state index contributed by atoms with van der Waals surface area (Å²) in [5.41, 5.74) is -0.896. The molecule has 2 aromatic rings. The number of benzene rings is 2. The van der Waals surface area contributed by atoms with Crippen molar-refractivity contribution in [2.75, 3.05) is 0 Å². The number of hydrogen-bond acceptors (Lipinski definition) is 2. The highest BCUT2D eigenvalue weighted by Crippen LogP contribution is 2.32. The van der Waals surface area contributed by atoms with E-state index in [1.54, 1.807) is 50.3 Å². The van der Waals surface area contributed by atoms with Crippen LogP contribution in [0.5, 0.6) is 0 Å². The van der Waals surface area contributed by atoms with Crippen LogP contribution in [0.2, 0.25) is 5.02 Å². The van der Waals surface area contributed by atoms with Gasteiger partial charge in [-0.1, -0.05) is 60.1 Å². The van der Waals surface area contributed by atoms with E-state index >= 15 is 0 Å². The topological polar surface area (TPSA) is 40.5 Å². The van der Waals surface area contributed by atoms with Crippen LogP contribution in [0.1, 0.15) is 25.0 Å². The SMILES string of the molecule is CC(C)(O)/C=C/[C@](O)(c1ccccc1)c1ccc(Cl)cc1. The Morgan fingerprint density at radius 3 is 1.86 bits per heavy atom. The molecule has 2 rings (SSSR count). The lowest BCUT2D eigenvalue weighted by Gasteiger charge is -2.27. The van der Waals surface area contributed by atoms with Crippen molar-refractivity contribution in [3.8, 4) is 0 Å². The van der Waals surface area contributed by atoms with E-state index in [1.165, 1.54) is 0 Å². The third kappa shape index (κ3) is 3.94. The van der Waals surface area contributed by atoms with Crippen molar-refractivity contribution in [3.05, 3.63) is 82.9 Å². The monoisotopic (exact) mass is 302 g/mol. The highest BCUT2D eigenvalue weighted by molar-refractivity contribution is 6.30. The summed E-state index contributed by atoms with van der Waals surface area (Å²) >= 11 is 5.92. The minimum Gasteiger partial charge on any atom is -0.386 e. The Hall–Kier alpha value is -1.61. The molecule has 1 atom stereocenters. The predicted molar refractivity (Wildman–Crippen MR) is 86.3 cm³/mol. The molecule has 0 saturated heterocycles. The quantitative estimate of drug-likeness (QED) is 0.841. The fraction of sp³-hybridized carbons (Fsp3) is 0.222. The summed E-state index contributed by atoms with van der Waals surface area (Å²) in [6.45, 7) is 3.33. The number of halogens is 1. The van der Waals surface area contributed by atoms with Gasteiger partial charge in [-0.3, -0.25) is 0 Å². The van der Waals surface area contributed by atoms with E-state index in [0.29, 0.717) is 10.6 Å². The zero-order valence-electron chi connectivity index (χ0n) is 12.1. The molecular weight excluding hydrogens is 284 g/mol. The molecule has 3 heteroatoms. The van der Waals surface area contributed by atoms with Crippen molar-refractivity contribution in [2.45, 2.75) is 25.0 Å². The highest BCUT2D eigenvalue weighted by atomic mass is 35.5. The molecule has 2 N–H and O–H groups in total. The van der Waals surface area contributed by atoms with Gasteiger partial charge in [-0.05, 0) is 43.2 Å². The Morgan fingerprint density at radius 1 is 0.810 bits per heavy atom. The molecule has 0 heterocycles. The second-order valence-corrected chi connectivity index (χ2v) is 6.06. The Balaban J connectivity index is 2.54. The number of hydrogen-bond donors (Lipinski definition) is 2. The maximum absolute atomic E-state index is 11.2. The average molecular weight is 303 g/mol. The van der Waals surface area contributed by atoms with Gasteiger partial charge in [0.1, 0.15) is 5.60 Å². The fourth-order valence-electron chi connectivity index (χ4n) is 2.08. The molecule has 0 fully saturated rings. The van der Waals surface area contributed by atoms with E-state index in [-0.39, 0.29) is 0 Å². The lowest BCUT2D eigenvalue weighted by atomic mass is 9.85. The Morgan fingerprint density at radius 2 is 1.33 bits per heavy atom. The first-order valence-corrected chi connectivity index (χ1v) is 7.16. The molecule has 0 aliphatic carbocycles. The van der Waals surface area contributed by atoms with Crippen LogP contribution in [0, 0.1) is 0 Å². The molecule has 2 aromatic carbocycles. The summed E-state index contributed by atoms with van der Waals surface area (Å²) in [7, 11) is 0. The van der Waals surface area contributed by atoms with E-state index in [4.69, 9.17) is 11.6 Å². The maximum atomic E-state index is 11.2. The summed E-state index contributed by atoms with van der Waals surface area (Å²) in [4.78, 5) is 0. The first kappa shape index (κ1) is 15.8. The molecule has 0 spiro atoms. The lowest BCUT2D eigenvalue weighted by molar-refractivity contribution is 0.115. The number of rotatable bonds is 4. The van der Waals surface area contributed by atoms with Gasteiger partial charge < -0.3 is 10.2 Å². The summed E-state index contributed by atoms with van der Waals surface area (Å²) < 4.78 is 0. The zero-order valence-corrected chi connectivity index (χ0v) is 12.9. The second-order valence-electron chi connectivity index (χ2n) is 5.63. The average Bonchev–Trinajstić information content (AvgIpc) is 2.46. The maximum Gasteiger partial charge on any atom is 0.133 e. The van der Waals surface area contributed by atoms with Crippen molar-refractivity contribution in [3.63, 3.8) is 0 Å². The molecule has 0 bridgehead atoms. The van der Waals surface area contributed by atoms with Crippen LogP contribution in [0.25, 0.3) is 0 Å². The zero-order chi connectivity index (χ0) is 15.5. The molecular formula is C18H19ClO2. The Labute approximate surface area is 130 Å². The predicted octanol–water partition coefficient (Wildman–Crippen LogP) is 3.90. The first-order chi connectivity index (χ1) is 9.81. The van der Waals surface area contributed by atoms with Crippen molar-refractivity contribution >= 4 is 11.6 Å². The summed E-state index contributed by atoms with van der Waals surface area (Å²) in [5, 5.41) is 21.7. The van der Waals surface area contributed by atoms with E-state index in [9.17, 15) is 10.2 Å². The fourth-order valence-corrected chi connectivity index (χ4v) is 2.21. The molecule has 0 amide bonds. The van der Waals surface area contributed by atoms with Gasteiger partial charge in [-0.2, -0.15) is 0 Å². The van der Waals surface area contributed by atoms with Crippen LogP contribution in [0.15, 0.2) is 66.7 Å². The van der Waals surface area contributed by atoms with E-state index in [2.05, 4.69) is 0 Å². The smallest absolute Gasteiger partial charge is 0.133 e. The molecule has 0 aliphatic heterocycles. The van der Waals surface area contributed by atoms with Crippen molar-refractivity contribution < 1.29 is 10.2 Å². The minimum atomic E-state index is -1.31. The molecule has 2 nitrogen and oxygen atoms in total. The van der Waals surface area contributed by atoms with Crippen LogP contribution in [-0.4, -0.2) is 15.8 Å². The highest BCUT2D eigenvalue weighted by Gasteiger charge is 2.29. The minimum absolute atomic E-state index is 0.612. The summed E-state index contributed by atoms with van der Waals surface area (Å²) in [5.74, 6) is 0. The Kier molecular flexibility index (Phi) is 4.52. The Bertz CT molecular complexity index is 612. The number of aliphatic hydroxyl groups is 2. The molecule has 0 radical (unpaired) electrons. The van der Waals surface area contributed by atoms with Crippen molar-refractivity contribution in [1.29, 1.82) is 0 Å². The standard InChI is InChI=1S/C18H19ClO2/c1-17(2,20)12-13-18(21,14-6-4-3-5-7-14)15-8-10-16(19)11-9-15/h3-13,20-21H,1-2H3/b13-12+/t18-/m0/s1. The van der Waals surface area contributed by atoms with Crippen molar-refractivity contribution in [1.82, 2.24) is 0 Å². The molecule has 21 heavy (non-hydrogen) atoms. The van der Waals surface area contributed by atoms with Crippen molar-refractivity contribution in [2.24, 2.45) is 0 Å². The van der Waals surface area contributed by atoms with Gasteiger partial charge in [0.15, 0.2) is 0 Å². The normalized spacial score (nSPS) is 15.1. The first-order valence-electron chi connectivity index (χ1n) is 6.78. The van der Waals surface area contributed by atoms with E-state index < -0.39 is 11.2 Å². The van der Waals surface area contributed by atoms with Gasteiger partial charge in [0.2, 0.25) is 0 Å². The van der Waals surface area contributed by atoms with E-state index in [0.717, 1.165) is 5.56 Å². The molecule has 110 valence electrons. The van der Waals surface area contributed by atoms with E-state index in [1.807, 2.05) is 30.3 Å². The largest absolute Gasteiger partial charge is 0.386 e. The third-order valence-corrected chi connectivity index (χ3v) is 3.48. The van der Waals surface area contributed by atoms with Crippen LogP contribution < -0.4 is 0 Å². The van der Waals surface area contributed by atoms with Crippen LogP contribution >= 0.6 is 11.6 Å². The molecule has 0 saturated carbocycles. The van der Waals surface area contributed by atoms with Crippen LogP contribution in [0.3, 0.4) is 0 Å². The molecule has 0 aromatic heterocycles. The third-order valence-electron chi connectivity index (χ3n) is 3.23. The van der Waals surface area contributed by atoms with Gasteiger partial charge in [0.05, 0.1) is 5.60 Å². The van der Waals surface area contributed by atoms with Gasteiger partial charge >= 0.3 is 0 Å².